The van der Waals surface area contributed by atoms with E-state index in [0.29, 0.717) is 12.1 Å². The molecule has 110 valence electrons. The first-order valence-corrected chi connectivity index (χ1v) is 6.99. The summed E-state index contributed by atoms with van der Waals surface area (Å²) in [5.41, 5.74) is 3.71. The first-order valence-electron chi connectivity index (χ1n) is 6.99. The predicted molar refractivity (Wildman–Crippen MR) is 81.1 cm³/mol. The third kappa shape index (κ3) is 3.48. The lowest BCUT2D eigenvalue weighted by molar-refractivity contribution is 0.187. The molecule has 0 aliphatic carbocycles. The summed E-state index contributed by atoms with van der Waals surface area (Å²) in [6.07, 6.45) is 1.47. The van der Waals surface area contributed by atoms with Crippen molar-refractivity contribution in [2.24, 2.45) is 0 Å². The largest absolute Gasteiger partial charge is 0.392 e. The van der Waals surface area contributed by atoms with Gasteiger partial charge in [-0.15, -0.1) is 0 Å². The molecule has 0 saturated carbocycles. The van der Waals surface area contributed by atoms with E-state index in [4.69, 9.17) is 5.26 Å². The lowest BCUT2D eigenvalue weighted by atomic mass is 10.1. The molecular weight excluding hydrogens is 264 g/mol. The average molecular weight is 284 g/mol. The van der Waals surface area contributed by atoms with Crippen LogP contribution in [0.1, 0.15) is 36.7 Å². The Labute approximate surface area is 124 Å². The Balaban J connectivity index is 2.21. The van der Waals surface area contributed by atoms with Gasteiger partial charge in [0.15, 0.2) is 0 Å². The normalized spacial score (nSPS) is 13.7. The number of hydrogen-bond acceptors (Lipinski definition) is 4. The van der Waals surface area contributed by atoms with Crippen molar-refractivity contribution in [2.75, 3.05) is 6.54 Å². The maximum Gasteiger partial charge on any atom is 0.0991 e. The summed E-state index contributed by atoms with van der Waals surface area (Å²) < 4.78 is 1.86. The monoisotopic (exact) mass is 284 g/mol. The van der Waals surface area contributed by atoms with Crippen molar-refractivity contribution in [1.82, 2.24) is 15.1 Å². The summed E-state index contributed by atoms with van der Waals surface area (Å²) in [7, 11) is 0. The van der Waals surface area contributed by atoms with E-state index >= 15 is 0 Å². The fourth-order valence-corrected chi connectivity index (χ4v) is 2.24. The molecule has 21 heavy (non-hydrogen) atoms. The zero-order valence-corrected chi connectivity index (χ0v) is 12.5. The van der Waals surface area contributed by atoms with Crippen molar-refractivity contribution in [3.8, 4) is 11.8 Å². The molecule has 2 N–H and O–H groups in total. The van der Waals surface area contributed by atoms with Crippen molar-refractivity contribution >= 4 is 0 Å². The maximum absolute atomic E-state index is 9.34. The molecule has 2 rings (SSSR count). The Morgan fingerprint density at radius 1 is 1.33 bits per heavy atom. The van der Waals surface area contributed by atoms with Crippen LogP contribution >= 0.6 is 0 Å². The van der Waals surface area contributed by atoms with Crippen LogP contribution in [0.2, 0.25) is 0 Å². The van der Waals surface area contributed by atoms with Gasteiger partial charge >= 0.3 is 0 Å². The molecule has 0 saturated heterocycles. The standard InChI is InChI=1S/C16H20N4O/c1-11(21)9-18-12(2)16-10-19-20(13(16)3)15-6-4-14(8-17)5-7-15/h4-7,10-12,18,21H,9H2,1-3H3. The van der Waals surface area contributed by atoms with Gasteiger partial charge in [0.05, 0.1) is 29.6 Å². The number of nitriles is 1. The van der Waals surface area contributed by atoms with Gasteiger partial charge in [-0.25, -0.2) is 4.68 Å². The molecule has 0 aliphatic rings. The van der Waals surface area contributed by atoms with Crippen LogP contribution in [0.15, 0.2) is 30.5 Å². The molecule has 0 amide bonds. The maximum atomic E-state index is 9.34. The molecule has 5 nitrogen and oxygen atoms in total. The number of aromatic nitrogens is 2. The highest BCUT2D eigenvalue weighted by atomic mass is 16.3. The Bertz CT molecular complexity index is 637. The SMILES string of the molecule is Cc1c(C(C)NCC(C)O)cnn1-c1ccc(C#N)cc1. The molecule has 2 unspecified atom stereocenters. The predicted octanol–water partition coefficient (Wildman–Crippen LogP) is 2.08. The summed E-state index contributed by atoms with van der Waals surface area (Å²) in [5, 5.41) is 25.9. The molecule has 0 spiro atoms. The van der Waals surface area contributed by atoms with E-state index in [9.17, 15) is 5.11 Å². The fraction of sp³-hybridized carbons (Fsp3) is 0.375. The molecule has 0 fully saturated rings. The Morgan fingerprint density at radius 3 is 2.57 bits per heavy atom. The van der Waals surface area contributed by atoms with Crippen LogP contribution in [0, 0.1) is 18.3 Å². The molecule has 2 aromatic rings. The highest BCUT2D eigenvalue weighted by Crippen LogP contribution is 2.20. The number of benzene rings is 1. The van der Waals surface area contributed by atoms with Crippen LogP contribution in [-0.2, 0) is 0 Å². The minimum absolute atomic E-state index is 0.117. The number of rotatable bonds is 5. The first-order chi connectivity index (χ1) is 10.0. The van der Waals surface area contributed by atoms with Gasteiger partial charge in [-0.3, -0.25) is 0 Å². The van der Waals surface area contributed by atoms with E-state index in [0.717, 1.165) is 16.9 Å². The van der Waals surface area contributed by atoms with Gasteiger partial charge in [-0.2, -0.15) is 10.4 Å². The van der Waals surface area contributed by atoms with Gasteiger partial charge in [0.25, 0.3) is 0 Å². The smallest absolute Gasteiger partial charge is 0.0991 e. The second kappa shape index (κ2) is 6.53. The molecule has 0 aliphatic heterocycles. The van der Waals surface area contributed by atoms with Gasteiger partial charge in [0, 0.05) is 23.8 Å². The molecular formula is C16H20N4O. The molecule has 1 heterocycles. The van der Waals surface area contributed by atoms with Crippen LogP contribution < -0.4 is 5.32 Å². The van der Waals surface area contributed by atoms with Gasteiger partial charge in [0.1, 0.15) is 0 Å². The number of hydrogen-bond donors (Lipinski definition) is 2. The van der Waals surface area contributed by atoms with Crippen molar-refractivity contribution in [2.45, 2.75) is 32.9 Å². The quantitative estimate of drug-likeness (QED) is 0.881. The highest BCUT2D eigenvalue weighted by molar-refractivity contribution is 5.40. The molecule has 0 bridgehead atoms. The molecule has 2 atom stereocenters. The summed E-state index contributed by atoms with van der Waals surface area (Å²) in [6.45, 7) is 6.37. The number of nitrogens with zero attached hydrogens (tertiary/aromatic N) is 3. The lowest BCUT2D eigenvalue weighted by Crippen LogP contribution is -2.27. The summed E-state index contributed by atoms with van der Waals surface area (Å²) in [5.74, 6) is 0. The minimum atomic E-state index is -0.374. The zero-order valence-electron chi connectivity index (χ0n) is 12.5. The van der Waals surface area contributed by atoms with Crippen molar-refractivity contribution in [1.29, 1.82) is 5.26 Å². The van der Waals surface area contributed by atoms with Gasteiger partial charge in [-0.1, -0.05) is 0 Å². The molecule has 1 aromatic carbocycles. The van der Waals surface area contributed by atoms with Crippen LogP contribution in [0.25, 0.3) is 5.69 Å². The van der Waals surface area contributed by atoms with E-state index in [-0.39, 0.29) is 12.1 Å². The van der Waals surface area contributed by atoms with Crippen LogP contribution in [0.5, 0.6) is 0 Å². The second-order valence-electron chi connectivity index (χ2n) is 5.23. The lowest BCUT2D eigenvalue weighted by Gasteiger charge is -2.15. The molecule has 5 heteroatoms. The second-order valence-corrected chi connectivity index (χ2v) is 5.23. The van der Waals surface area contributed by atoms with Crippen molar-refractivity contribution in [3.05, 3.63) is 47.3 Å². The van der Waals surface area contributed by atoms with Gasteiger partial charge in [-0.05, 0) is 45.0 Å². The molecule has 0 radical (unpaired) electrons. The van der Waals surface area contributed by atoms with Crippen LogP contribution in [0.4, 0.5) is 0 Å². The zero-order chi connectivity index (χ0) is 15.4. The molecule has 1 aromatic heterocycles. The van der Waals surface area contributed by atoms with Crippen LogP contribution in [0.3, 0.4) is 0 Å². The van der Waals surface area contributed by atoms with Crippen LogP contribution in [-0.4, -0.2) is 27.5 Å². The third-order valence-corrected chi connectivity index (χ3v) is 3.47. The van der Waals surface area contributed by atoms with E-state index < -0.39 is 0 Å². The summed E-state index contributed by atoms with van der Waals surface area (Å²) in [4.78, 5) is 0. The topological polar surface area (TPSA) is 73.9 Å². The van der Waals surface area contributed by atoms with Crippen molar-refractivity contribution in [3.63, 3.8) is 0 Å². The minimum Gasteiger partial charge on any atom is -0.392 e. The van der Waals surface area contributed by atoms with Gasteiger partial charge < -0.3 is 10.4 Å². The van der Waals surface area contributed by atoms with Gasteiger partial charge in [0.2, 0.25) is 0 Å². The number of aliphatic hydroxyl groups is 1. The fourth-order valence-electron chi connectivity index (χ4n) is 2.24. The third-order valence-electron chi connectivity index (χ3n) is 3.47. The van der Waals surface area contributed by atoms with E-state index in [1.807, 2.05) is 29.9 Å². The Kier molecular flexibility index (Phi) is 4.73. The highest BCUT2D eigenvalue weighted by Gasteiger charge is 2.14. The first kappa shape index (κ1) is 15.2. The van der Waals surface area contributed by atoms with E-state index in [1.165, 1.54) is 0 Å². The van der Waals surface area contributed by atoms with E-state index in [1.54, 1.807) is 19.1 Å². The van der Waals surface area contributed by atoms with Crippen molar-refractivity contribution < 1.29 is 5.11 Å². The average Bonchev–Trinajstić information content (AvgIpc) is 2.86. The number of nitrogens with one attached hydrogen (secondary N) is 1. The Morgan fingerprint density at radius 2 is 2.00 bits per heavy atom. The van der Waals surface area contributed by atoms with E-state index in [2.05, 4.69) is 23.4 Å². The summed E-state index contributed by atoms with van der Waals surface area (Å²) >= 11 is 0. The Hall–Kier alpha value is -2.16. The number of aliphatic hydroxyl groups excluding tert-OH is 1. The summed E-state index contributed by atoms with van der Waals surface area (Å²) in [6, 6.07) is 9.56.